The molecular weight excluding hydrogens is 384 g/mol. The zero-order valence-corrected chi connectivity index (χ0v) is 14.2. The fraction of sp³-hybridized carbons (Fsp3) is 0.467. The molecule has 1 aromatic carbocycles. The SMILES string of the molecule is C[C@@H](CSC(F)(F)C(F)F)[C@](O)(Cc1nc[nH]n1)c1ccc(F)cc1F. The summed E-state index contributed by atoms with van der Waals surface area (Å²) in [7, 11) is 0. The third-order valence-electron chi connectivity index (χ3n) is 3.89. The number of nitrogens with zero attached hydrogens (tertiary/aromatic N) is 2. The van der Waals surface area contributed by atoms with Gasteiger partial charge in [-0.15, -0.1) is 0 Å². The van der Waals surface area contributed by atoms with Gasteiger partial charge in [-0.1, -0.05) is 24.8 Å². The Bertz CT molecular complexity index is 730. The molecule has 0 aliphatic rings. The predicted molar refractivity (Wildman–Crippen MR) is 82.9 cm³/mol. The summed E-state index contributed by atoms with van der Waals surface area (Å²) in [6.45, 7) is 1.30. The molecule has 2 aromatic rings. The van der Waals surface area contributed by atoms with Crippen molar-refractivity contribution in [3.63, 3.8) is 0 Å². The maximum atomic E-state index is 14.2. The second-order valence-electron chi connectivity index (χ2n) is 5.72. The lowest BCUT2D eigenvalue weighted by Crippen LogP contribution is -2.39. The molecule has 0 aliphatic carbocycles. The molecule has 2 rings (SSSR count). The molecular formula is C15H15F6N3OS. The van der Waals surface area contributed by atoms with Gasteiger partial charge in [-0.25, -0.2) is 22.5 Å². The molecule has 0 fully saturated rings. The molecule has 0 aliphatic heterocycles. The van der Waals surface area contributed by atoms with Crippen molar-refractivity contribution in [1.29, 1.82) is 0 Å². The number of thioether (sulfide) groups is 1. The van der Waals surface area contributed by atoms with E-state index >= 15 is 0 Å². The molecule has 4 nitrogen and oxygen atoms in total. The molecule has 1 heterocycles. The summed E-state index contributed by atoms with van der Waals surface area (Å²) in [5, 5.41) is 12.8. The first-order valence-electron chi connectivity index (χ1n) is 7.38. The molecule has 0 saturated carbocycles. The van der Waals surface area contributed by atoms with Crippen LogP contribution in [0.4, 0.5) is 26.3 Å². The van der Waals surface area contributed by atoms with Gasteiger partial charge in [0.2, 0.25) is 0 Å². The first-order valence-corrected chi connectivity index (χ1v) is 8.37. The van der Waals surface area contributed by atoms with Crippen molar-refractivity contribution < 1.29 is 31.4 Å². The summed E-state index contributed by atoms with van der Waals surface area (Å²) in [6.07, 6.45) is -3.08. The fourth-order valence-corrected chi connectivity index (χ4v) is 3.25. The highest BCUT2D eigenvalue weighted by molar-refractivity contribution is 8.00. The van der Waals surface area contributed by atoms with Gasteiger partial charge in [-0.2, -0.15) is 13.9 Å². The van der Waals surface area contributed by atoms with Crippen LogP contribution in [0.1, 0.15) is 18.3 Å². The molecule has 2 atom stereocenters. The minimum absolute atomic E-state index is 0.0497. The van der Waals surface area contributed by atoms with Crippen LogP contribution in [0.3, 0.4) is 0 Å². The number of aromatic amines is 1. The van der Waals surface area contributed by atoms with E-state index in [4.69, 9.17) is 0 Å². The van der Waals surface area contributed by atoms with Gasteiger partial charge in [-0.3, -0.25) is 5.10 Å². The van der Waals surface area contributed by atoms with E-state index in [1.807, 2.05) is 0 Å². The van der Waals surface area contributed by atoms with Crippen LogP contribution in [0.5, 0.6) is 0 Å². The Kier molecular flexibility index (Phi) is 6.22. The minimum Gasteiger partial charge on any atom is -0.384 e. The maximum absolute atomic E-state index is 14.2. The molecule has 1 aromatic heterocycles. The van der Waals surface area contributed by atoms with Gasteiger partial charge < -0.3 is 5.11 Å². The van der Waals surface area contributed by atoms with Crippen LogP contribution in [-0.2, 0) is 12.0 Å². The topological polar surface area (TPSA) is 61.8 Å². The number of aliphatic hydroxyl groups is 1. The molecule has 144 valence electrons. The first-order chi connectivity index (χ1) is 12.1. The van der Waals surface area contributed by atoms with E-state index in [0.717, 1.165) is 12.1 Å². The Morgan fingerprint density at radius 2 is 1.96 bits per heavy atom. The highest BCUT2D eigenvalue weighted by Gasteiger charge is 2.45. The summed E-state index contributed by atoms with van der Waals surface area (Å²) in [5.74, 6) is -3.67. The Labute approximate surface area is 149 Å². The highest BCUT2D eigenvalue weighted by atomic mass is 32.2. The highest BCUT2D eigenvalue weighted by Crippen LogP contribution is 2.41. The fourth-order valence-electron chi connectivity index (χ4n) is 2.37. The third kappa shape index (κ3) is 4.50. The van der Waals surface area contributed by atoms with Crippen LogP contribution in [-0.4, -0.2) is 37.7 Å². The van der Waals surface area contributed by atoms with Crippen LogP contribution in [0.2, 0.25) is 0 Å². The van der Waals surface area contributed by atoms with Gasteiger partial charge in [-0.05, 0) is 12.0 Å². The summed E-state index contributed by atoms with van der Waals surface area (Å²) in [5.41, 5.74) is -2.48. The standard InChI is InChI=1S/C15H15F6N3OS/c1-8(6-26-15(20,21)13(18)19)14(25,5-12-22-7-23-24-12)10-3-2-9(16)4-11(10)17/h2-4,7-8,13,25H,5-6H2,1H3,(H,22,23,24)/t8-,14+/m0/s1. The Morgan fingerprint density at radius 1 is 1.27 bits per heavy atom. The van der Waals surface area contributed by atoms with Crippen molar-refractivity contribution in [1.82, 2.24) is 15.2 Å². The van der Waals surface area contributed by atoms with Crippen molar-refractivity contribution in [2.45, 2.75) is 30.6 Å². The second kappa shape index (κ2) is 7.87. The van der Waals surface area contributed by atoms with E-state index in [9.17, 15) is 31.4 Å². The lowest BCUT2D eigenvalue weighted by atomic mass is 9.80. The van der Waals surface area contributed by atoms with E-state index < -0.39 is 40.6 Å². The van der Waals surface area contributed by atoms with Crippen molar-refractivity contribution >= 4 is 11.8 Å². The van der Waals surface area contributed by atoms with Crippen molar-refractivity contribution in [2.24, 2.45) is 5.92 Å². The molecule has 26 heavy (non-hydrogen) atoms. The zero-order valence-electron chi connectivity index (χ0n) is 13.4. The number of benzene rings is 1. The smallest absolute Gasteiger partial charge is 0.353 e. The summed E-state index contributed by atoms with van der Waals surface area (Å²) >= 11 is -0.350. The van der Waals surface area contributed by atoms with Gasteiger partial charge in [0.15, 0.2) is 5.82 Å². The molecule has 2 N–H and O–H groups in total. The normalized spacial score (nSPS) is 15.9. The molecule has 0 bridgehead atoms. The van der Waals surface area contributed by atoms with Gasteiger partial charge in [0.25, 0.3) is 0 Å². The van der Waals surface area contributed by atoms with Crippen LogP contribution < -0.4 is 0 Å². The Hall–Kier alpha value is -1.75. The predicted octanol–water partition coefficient (Wildman–Crippen LogP) is 3.74. The quantitative estimate of drug-likeness (QED) is 0.664. The number of alkyl halides is 4. The van der Waals surface area contributed by atoms with E-state index in [1.54, 1.807) is 0 Å². The van der Waals surface area contributed by atoms with Crippen molar-refractivity contribution in [3.8, 4) is 0 Å². The molecule has 0 unspecified atom stereocenters. The summed E-state index contributed by atoms with van der Waals surface area (Å²) < 4.78 is 78.4. The molecule has 0 spiro atoms. The molecule has 0 radical (unpaired) electrons. The monoisotopic (exact) mass is 399 g/mol. The average molecular weight is 399 g/mol. The van der Waals surface area contributed by atoms with E-state index in [1.165, 1.54) is 13.3 Å². The molecule has 11 heteroatoms. The second-order valence-corrected chi connectivity index (χ2v) is 6.88. The average Bonchev–Trinajstić information content (AvgIpc) is 3.04. The number of aromatic nitrogens is 3. The van der Waals surface area contributed by atoms with Crippen LogP contribution in [0.15, 0.2) is 24.5 Å². The largest absolute Gasteiger partial charge is 0.384 e. The maximum Gasteiger partial charge on any atom is 0.353 e. The number of hydrogen-bond donors (Lipinski definition) is 2. The minimum atomic E-state index is -4.32. The van der Waals surface area contributed by atoms with Crippen LogP contribution in [0.25, 0.3) is 0 Å². The van der Waals surface area contributed by atoms with Crippen LogP contribution in [0, 0.1) is 17.6 Å². The molecule has 0 saturated heterocycles. The van der Waals surface area contributed by atoms with Gasteiger partial charge in [0.05, 0.1) is 0 Å². The van der Waals surface area contributed by atoms with E-state index in [-0.39, 0.29) is 29.6 Å². The van der Waals surface area contributed by atoms with Gasteiger partial charge >= 0.3 is 11.7 Å². The Balaban J connectivity index is 2.33. The number of H-pyrrole nitrogens is 1. The zero-order chi connectivity index (χ0) is 19.5. The van der Waals surface area contributed by atoms with Crippen LogP contribution >= 0.6 is 11.8 Å². The number of halogens is 6. The van der Waals surface area contributed by atoms with E-state index in [0.29, 0.717) is 6.07 Å². The lowest BCUT2D eigenvalue weighted by Gasteiger charge is -2.34. The summed E-state index contributed by atoms with van der Waals surface area (Å²) in [6, 6.07) is 2.41. The Morgan fingerprint density at radius 3 is 2.50 bits per heavy atom. The van der Waals surface area contributed by atoms with E-state index in [2.05, 4.69) is 15.2 Å². The number of hydrogen-bond acceptors (Lipinski definition) is 4. The first kappa shape index (κ1) is 20.6. The van der Waals surface area contributed by atoms with Crippen molar-refractivity contribution in [3.05, 3.63) is 47.5 Å². The lowest BCUT2D eigenvalue weighted by molar-refractivity contribution is -0.0575. The number of nitrogens with one attached hydrogen (secondary N) is 1. The molecule has 0 amide bonds. The third-order valence-corrected chi connectivity index (χ3v) is 5.11. The van der Waals surface area contributed by atoms with Crippen molar-refractivity contribution in [2.75, 3.05) is 5.75 Å². The van der Waals surface area contributed by atoms with Gasteiger partial charge in [0, 0.05) is 23.8 Å². The van der Waals surface area contributed by atoms with Gasteiger partial charge in [0.1, 0.15) is 23.6 Å². The summed E-state index contributed by atoms with van der Waals surface area (Å²) in [4.78, 5) is 3.80. The number of rotatable bonds is 8.